The van der Waals surface area contributed by atoms with Crippen molar-refractivity contribution in [2.24, 2.45) is 0 Å². The van der Waals surface area contributed by atoms with E-state index in [0.717, 1.165) is 10.5 Å². The Bertz CT molecular complexity index is 1210. The van der Waals surface area contributed by atoms with Gasteiger partial charge in [-0.15, -0.1) is 11.8 Å². The largest absolute Gasteiger partial charge is 0.497 e. The van der Waals surface area contributed by atoms with Gasteiger partial charge in [-0.25, -0.2) is 4.79 Å². The highest BCUT2D eigenvalue weighted by Gasteiger charge is 2.25. The number of thioether (sulfide) groups is 1. The quantitative estimate of drug-likeness (QED) is 0.283. The number of hydrogen-bond acceptors (Lipinski definition) is 6. The van der Waals surface area contributed by atoms with E-state index in [4.69, 9.17) is 14.2 Å². The van der Waals surface area contributed by atoms with Crippen molar-refractivity contribution in [3.8, 4) is 17.2 Å². The lowest BCUT2D eigenvalue weighted by atomic mass is 9.89. The third-order valence-corrected chi connectivity index (χ3v) is 6.09. The van der Waals surface area contributed by atoms with Crippen LogP contribution in [0.15, 0.2) is 77.2 Å². The second-order valence-corrected chi connectivity index (χ2v) is 8.19. The molecule has 0 radical (unpaired) electrons. The molecular formula is C26H22O6S. The van der Waals surface area contributed by atoms with E-state index in [1.165, 1.54) is 0 Å². The molecule has 3 aromatic carbocycles. The Labute approximate surface area is 195 Å². The summed E-state index contributed by atoms with van der Waals surface area (Å²) in [5.41, 5.74) is 1.71. The molecule has 0 spiro atoms. The van der Waals surface area contributed by atoms with E-state index in [-0.39, 0.29) is 30.1 Å². The summed E-state index contributed by atoms with van der Waals surface area (Å²) in [5, 5.41) is 10.2. The molecule has 1 N–H and O–H groups in total. The molecule has 1 aliphatic rings. The molecule has 168 valence electrons. The average molecular weight is 463 g/mol. The van der Waals surface area contributed by atoms with Crippen LogP contribution in [0.3, 0.4) is 0 Å². The molecule has 0 aliphatic carbocycles. The van der Waals surface area contributed by atoms with Crippen LogP contribution in [-0.2, 0) is 11.2 Å². The summed E-state index contributed by atoms with van der Waals surface area (Å²) in [6, 6.07) is 19.3. The fraction of sp³-hybridized carbons (Fsp3) is 0.154. The molecule has 1 heterocycles. The van der Waals surface area contributed by atoms with Crippen molar-refractivity contribution < 1.29 is 28.9 Å². The molecule has 1 aliphatic heterocycles. The Morgan fingerprint density at radius 1 is 0.939 bits per heavy atom. The van der Waals surface area contributed by atoms with Crippen molar-refractivity contribution in [3.05, 3.63) is 89.0 Å². The number of carbonyl (C=O) groups excluding carboxylic acids is 1. The van der Waals surface area contributed by atoms with E-state index in [1.54, 1.807) is 61.3 Å². The SMILES string of the molecule is COc1ccc(C(=O)/C(Cc2ccc(SC)cc2)=C(\C(=O)O)c2ccc3c(c2)OCO3)cc1. The van der Waals surface area contributed by atoms with Crippen LogP contribution in [0.25, 0.3) is 5.57 Å². The van der Waals surface area contributed by atoms with E-state index < -0.39 is 5.97 Å². The first-order valence-electron chi connectivity index (χ1n) is 10.2. The van der Waals surface area contributed by atoms with E-state index >= 15 is 0 Å². The van der Waals surface area contributed by atoms with Crippen LogP contribution in [0.4, 0.5) is 0 Å². The average Bonchev–Trinajstić information content (AvgIpc) is 3.31. The summed E-state index contributed by atoms with van der Waals surface area (Å²) in [6.45, 7) is 0.0737. The van der Waals surface area contributed by atoms with Gasteiger partial charge in [0.25, 0.3) is 0 Å². The van der Waals surface area contributed by atoms with Crippen molar-refractivity contribution >= 4 is 29.1 Å². The van der Waals surface area contributed by atoms with Crippen molar-refractivity contribution in [1.82, 2.24) is 0 Å². The van der Waals surface area contributed by atoms with Gasteiger partial charge in [0.05, 0.1) is 12.7 Å². The normalized spacial score (nSPS) is 12.8. The number of fused-ring (bicyclic) bond motifs is 1. The predicted molar refractivity (Wildman–Crippen MR) is 126 cm³/mol. The summed E-state index contributed by atoms with van der Waals surface area (Å²) in [5.74, 6) is 0.0538. The summed E-state index contributed by atoms with van der Waals surface area (Å²) in [6.07, 6.45) is 2.14. The Kier molecular flexibility index (Phi) is 6.70. The maximum absolute atomic E-state index is 13.6. The van der Waals surface area contributed by atoms with Crippen molar-refractivity contribution in [3.63, 3.8) is 0 Å². The minimum absolute atomic E-state index is 0.0666. The third kappa shape index (κ3) is 4.88. The fourth-order valence-corrected chi connectivity index (χ4v) is 4.03. The zero-order valence-corrected chi connectivity index (χ0v) is 19.0. The number of methoxy groups -OCH3 is 1. The zero-order chi connectivity index (χ0) is 23.4. The Balaban J connectivity index is 1.84. The first kappa shape index (κ1) is 22.5. The maximum atomic E-state index is 13.6. The van der Waals surface area contributed by atoms with Crippen LogP contribution in [0.1, 0.15) is 21.5 Å². The topological polar surface area (TPSA) is 82.1 Å². The molecule has 0 fully saturated rings. The number of allylic oxidation sites excluding steroid dienone is 1. The molecule has 3 aromatic rings. The van der Waals surface area contributed by atoms with Gasteiger partial charge in [-0.05, 0) is 65.9 Å². The number of benzene rings is 3. The highest BCUT2D eigenvalue weighted by molar-refractivity contribution is 7.98. The lowest BCUT2D eigenvalue weighted by Crippen LogP contribution is -2.14. The number of rotatable bonds is 8. The second-order valence-electron chi connectivity index (χ2n) is 7.31. The van der Waals surface area contributed by atoms with Gasteiger partial charge in [-0.1, -0.05) is 18.2 Å². The van der Waals surface area contributed by atoms with Gasteiger partial charge in [-0.2, -0.15) is 0 Å². The van der Waals surface area contributed by atoms with Crippen molar-refractivity contribution in [2.75, 3.05) is 20.2 Å². The zero-order valence-electron chi connectivity index (χ0n) is 18.2. The molecule has 4 rings (SSSR count). The van der Waals surface area contributed by atoms with Crippen LogP contribution in [0.5, 0.6) is 17.2 Å². The Morgan fingerprint density at radius 3 is 2.24 bits per heavy atom. The van der Waals surface area contributed by atoms with Crippen molar-refractivity contribution in [1.29, 1.82) is 0 Å². The van der Waals surface area contributed by atoms with Crippen LogP contribution in [0.2, 0.25) is 0 Å². The second kappa shape index (κ2) is 9.83. The molecule has 0 saturated heterocycles. The molecule has 0 saturated carbocycles. The van der Waals surface area contributed by atoms with Gasteiger partial charge in [0.15, 0.2) is 17.3 Å². The highest BCUT2D eigenvalue weighted by atomic mass is 32.2. The highest BCUT2D eigenvalue weighted by Crippen LogP contribution is 2.36. The molecular weight excluding hydrogens is 440 g/mol. The molecule has 0 atom stereocenters. The van der Waals surface area contributed by atoms with Crippen LogP contribution >= 0.6 is 11.8 Å². The monoisotopic (exact) mass is 462 g/mol. The maximum Gasteiger partial charge on any atom is 0.336 e. The molecule has 0 aromatic heterocycles. The van der Waals surface area contributed by atoms with Gasteiger partial charge in [0.1, 0.15) is 5.75 Å². The number of hydrogen-bond donors (Lipinski definition) is 1. The minimum Gasteiger partial charge on any atom is -0.497 e. The standard InChI is InChI=1S/C26H22O6S/c1-30-19-8-5-17(6-9-19)25(27)21(13-16-3-10-20(33-2)11-4-16)24(26(28)29)18-7-12-22-23(14-18)32-15-31-22/h3-12,14H,13,15H2,1-2H3,(H,28,29)/b24-21-. The van der Waals surface area contributed by atoms with E-state index in [2.05, 4.69) is 0 Å². The fourth-order valence-electron chi connectivity index (χ4n) is 3.63. The van der Waals surface area contributed by atoms with Crippen LogP contribution < -0.4 is 14.2 Å². The van der Waals surface area contributed by atoms with Gasteiger partial charge in [-0.3, -0.25) is 4.79 Å². The Hall–Kier alpha value is -3.71. The molecule has 7 heteroatoms. The number of carboxylic acids is 1. The summed E-state index contributed by atoms with van der Waals surface area (Å²) in [7, 11) is 1.54. The molecule has 0 amide bonds. The smallest absolute Gasteiger partial charge is 0.336 e. The van der Waals surface area contributed by atoms with Gasteiger partial charge < -0.3 is 19.3 Å². The van der Waals surface area contributed by atoms with E-state index in [1.807, 2.05) is 30.5 Å². The number of carbonyl (C=O) groups is 2. The van der Waals surface area contributed by atoms with Crippen molar-refractivity contribution in [2.45, 2.75) is 11.3 Å². The first-order valence-corrected chi connectivity index (χ1v) is 11.4. The van der Waals surface area contributed by atoms with Gasteiger partial charge >= 0.3 is 5.97 Å². The Morgan fingerprint density at radius 2 is 1.61 bits per heavy atom. The summed E-state index contributed by atoms with van der Waals surface area (Å²) in [4.78, 5) is 27.1. The predicted octanol–water partition coefficient (Wildman–Crippen LogP) is 5.11. The van der Waals surface area contributed by atoms with E-state index in [9.17, 15) is 14.7 Å². The van der Waals surface area contributed by atoms with Crippen LogP contribution in [0, 0.1) is 0 Å². The lowest BCUT2D eigenvalue weighted by Gasteiger charge is -2.14. The van der Waals surface area contributed by atoms with Crippen LogP contribution in [-0.4, -0.2) is 37.0 Å². The van der Waals surface area contributed by atoms with Gasteiger partial charge in [0.2, 0.25) is 6.79 Å². The minimum atomic E-state index is -1.19. The van der Waals surface area contributed by atoms with Gasteiger partial charge in [0, 0.05) is 22.5 Å². The lowest BCUT2D eigenvalue weighted by molar-refractivity contribution is -0.130. The van der Waals surface area contributed by atoms with E-state index in [0.29, 0.717) is 28.4 Å². The summed E-state index contributed by atoms with van der Waals surface area (Å²) < 4.78 is 15.9. The third-order valence-electron chi connectivity index (χ3n) is 5.34. The summed E-state index contributed by atoms with van der Waals surface area (Å²) >= 11 is 1.61. The number of ether oxygens (including phenoxy) is 3. The molecule has 0 unspecified atom stereocenters. The first-order chi connectivity index (χ1) is 16.0. The number of carboxylic acid groups (broad SMARTS) is 1. The molecule has 0 bridgehead atoms. The number of ketones is 1. The molecule has 33 heavy (non-hydrogen) atoms. The number of aliphatic carboxylic acids is 1. The number of Topliss-reactive ketones (excluding diaryl/α,β-unsaturated/α-hetero) is 1. The molecule has 6 nitrogen and oxygen atoms in total.